The van der Waals surface area contributed by atoms with Gasteiger partial charge in [-0.1, -0.05) is 24.3 Å². The monoisotopic (exact) mass is 275 g/mol. The van der Waals surface area contributed by atoms with Crippen molar-refractivity contribution in [3.8, 4) is 0 Å². The molecule has 0 radical (unpaired) electrons. The maximum Gasteiger partial charge on any atom is 0.303 e. The van der Waals surface area contributed by atoms with E-state index < -0.39 is 5.97 Å². The molecule has 0 aromatic heterocycles. The zero-order valence-electron chi connectivity index (χ0n) is 11.8. The van der Waals surface area contributed by atoms with E-state index in [1.807, 2.05) is 18.2 Å². The number of aliphatic carboxylic acids is 1. The van der Waals surface area contributed by atoms with Crippen LogP contribution in [-0.2, 0) is 16.0 Å². The van der Waals surface area contributed by atoms with Crippen molar-refractivity contribution in [2.45, 2.75) is 38.0 Å². The van der Waals surface area contributed by atoms with Crippen LogP contribution in [0, 0.1) is 0 Å². The predicted molar refractivity (Wildman–Crippen MR) is 76.6 cm³/mol. The Morgan fingerprint density at radius 1 is 1.35 bits per heavy atom. The molecule has 0 fully saturated rings. The molecule has 0 aliphatic heterocycles. The fourth-order valence-electron chi connectivity index (χ4n) is 2.85. The highest BCUT2D eigenvalue weighted by Crippen LogP contribution is 2.32. The topological polar surface area (TPSA) is 57.6 Å². The second-order valence-corrected chi connectivity index (χ2v) is 5.40. The fourth-order valence-corrected chi connectivity index (χ4v) is 2.85. The van der Waals surface area contributed by atoms with Crippen LogP contribution in [0.15, 0.2) is 24.3 Å². The Morgan fingerprint density at radius 3 is 2.85 bits per heavy atom. The van der Waals surface area contributed by atoms with Gasteiger partial charge in [0.2, 0.25) is 5.91 Å². The Balaban J connectivity index is 2.01. The smallest absolute Gasteiger partial charge is 0.303 e. The molecule has 1 aromatic rings. The van der Waals surface area contributed by atoms with Gasteiger partial charge in [0.15, 0.2) is 0 Å². The van der Waals surface area contributed by atoms with Crippen LogP contribution in [0.2, 0.25) is 0 Å². The Morgan fingerprint density at radius 2 is 2.10 bits per heavy atom. The Labute approximate surface area is 119 Å². The average molecular weight is 275 g/mol. The molecule has 1 atom stereocenters. The van der Waals surface area contributed by atoms with Crippen molar-refractivity contribution in [1.29, 1.82) is 0 Å². The molecule has 4 nitrogen and oxygen atoms in total. The first-order chi connectivity index (χ1) is 9.59. The van der Waals surface area contributed by atoms with Crippen molar-refractivity contribution in [3.05, 3.63) is 35.4 Å². The summed E-state index contributed by atoms with van der Waals surface area (Å²) in [6, 6.07) is 8.14. The van der Waals surface area contributed by atoms with Gasteiger partial charge in [0.25, 0.3) is 0 Å². The van der Waals surface area contributed by atoms with Crippen LogP contribution in [0.4, 0.5) is 0 Å². The standard InChI is InChI=1S/C16H21NO3/c1-17(11-5-10-15(18)19)16(20)14-9-4-7-12-6-2-3-8-13(12)14/h2-3,6,8,14H,4-5,7,9-11H2,1H3,(H,18,19). The van der Waals surface area contributed by atoms with Crippen molar-refractivity contribution < 1.29 is 14.7 Å². The summed E-state index contributed by atoms with van der Waals surface area (Å²) in [7, 11) is 1.77. The third kappa shape index (κ3) is 3.38. The highest BCUT2D eigenvalue weighted by Gasteiger charge is 2.28. The van der Waals surface area contributed by atoms with Gasteiger partial charge < -0.3 is 10.0 Å². The van der Waals surface area contributed by atoms with Crippen LogP contribution < -0.4 is 0 Å². The van der Waals surface area contributed by atoms with Crippen molar-refractivity contribution in [2.75, 3.05) is 13.6 Å². The minimum absolute atomic E-state index is 0.0604. The summed E-state index contributed by atoms with van der Waals surface area (Å²) in [6.07, 6.45) is 3.59. The molecule has 1 unspecified atom stereocenters. The molecule has 1 aliphatic rings. The highest BCUT2D eigenvalue weighted by atomic mass is 16.4. The number of hydrogen-bond acceptors (Lipinski definition) is 2. The molecule has 0 saturated carbocycles. The molecular weight excluding hydrogens is 254 g/mol. The largest absolute Gasteiger partial charge is 0.481 e. The van der Waals surface area contributed by atoms with Crippen LogP contribution in [0.3, 0.4) is 0 Å². The number of rotatable bonds is 5. The van der Waals surface area contributed by atoms with Gasteiger partial charge in [-0.2, -0.15) is 0 Å². The van der Waals surface area contributed by atoms with Gasteiger partial charge in [-0.25, -0.2) is 0 Å². The normalized spacial score (nSPS) is 17.4. The number of carboxylic acids is 1. The molecule has 0 saturated heterocycles. The number of aryl methyl sites for hydroxylation is 1. The van der Waals surface area contributed by atoms with Crippen LogP contribution in [-0.4, -0.2) is 35.5 Å². The van der Waals surface area contributed by atoms with E-state index in [4.69, 9.17) is 5.11 Å². The maximum absolute atomic E-state index is 12.5. The molecule has 108 valence electrons. The van der Waals surface area contributed by atoms with Crippen LogP contribution in [0.5, 0.6) is 0 Å². The van der Waals surface area contributed by atoms with E-state index in [-0.39, 0.29) is 18.2 Å². The zero-order chi connectivity index (χ0) is 14.5. The zero-order valence-corrected chi connectivity index (χ0v) is 11.8. The molecule has 1 aliphatic carbocycles. The number of likely N-dealkylation sites (N-methyl/N-ethyl adjacent to an activating group) is 1. The third-order valence-electron chi connectivity index (χ3n) is 3.93. The summed E-state index contributed by atoms with van der Waals surface area (Å²) < 4.78 is 0. The first-order valence-electron chi connectivity index (χ1n) is 7.14. The lowest BCUT2D eigenvalue weighted by Gasteiger charge is -2.28. The van der Waals surface area contributed by atoms with E-state index in [0.717, 1.165) is 24.8 Å². The molecular formula is C16H21NO3. The molecule has 0 heterocycles. The molecule has 1 N–H and O–H groups in total. The quantitative estimate of drug-likeness (QED) is 0.898. The Hall–Kier alpha value is -1.84. The van der Waals surface area contributed by atoms with Gasteiger partial charge in [-0.15, -0.1) is 0 Å². The number of fused-ring (bicyclic) bond motifs is 1. The average Bonchev–Trinajstić information content (AvgIpc) is 2.45. The first-order valence-corrected chi connectivity index (χ1v) is 7.14. The van der Waals surface area contributed by atoms with E-state index in [2.05, 4.69) is 6.07 Å². The van der Waals surface area contributed by atoms with Gasteiger partial charge >= 0.3 is 5.97 Å². The molecule has 2 rings (SSSR count). The molecule has 4 heteroatoms. The predicted octanol–water partition coefficient (Wildman–Crippen LogP) is 2.43. The number of nitrogens with zero attached hydrogens (tertiary/aromatic N) is 1. The highest BCUT2D eigenvalue weighted by molar-refractivity contribution is 5.84. The second-order valence-electron chi connectivity index (χ2n) is 5.40. The van der Waals surface area contributed by atoms with Gasteiger partial charge in [0.05, 0.1) is 5.92 Å². The summed E-state index contributed by atoms with van der Waals surface area (Å²) >= 11 is 0. The second kappa shape index (κ2) is 6.55. The first kappa shape index (κ1) is 14.6. The number of carbonyl (C=O) groups is 2. The fraction of sp³-hybridized carbons (Fsp3) is 0.500. The third-order valence-corrected chi connectivity index (χ3v) is 3.93. The number of carbonyl (C=O) groups excluding carboxylic acids is 1. The summed E-state index contributed by atoms with van der Waals surface area (Å²) in [5.41, 5.74) is 2.42. The summed E-state index contributed by atoms with van der Waals surface area (Å²) in [5.74, 6) is -0.758. The summed E-state index contributed by atoms with van der Waals surface area (Å²) in [6.45, 7) is 0.504. The number of carboxylic acid groups (broad SMARTS) is 1. The minimum atomic E-state index is -0.811. The number of hydrogen-bond donors (Lipinski definition) is 1. The lowest BCUT2D eigenvalue weighted by Crippen LogP contribution is -2.34. The Kier molecular flexibility index (Phi) is 4.77. The van der Waals surface area contributed by atoms with Crippen LogP contribution >= 0.6 is 0 Å². The maximum atomic E-state index is 12.5. The van der Waals surface area contributed by atoms with Crippen LogP contribution in [0.1, 0.15) is 42.7 Å². The van der Waals surface area contributed by atoms with Crippen LogP contribution in [0.25, 0.3) is 0 Å². The van der Waals surface area contributed by atoms with Crippen molar-refractivity contribution in [3.63, 3.8) is 0 Å². The van der Waals surface area contributed by atoms with E-state index in [1.54, 1.807) is 11.9 Å². The lowest BCUT2D eigenvalue weighted by molar-refractivity contribution is -0.138. The molecule has 0 spiro atoms. The summed E-state index contributed by atoms with van der Waals surface area (Å²) in [4.78, 5) is 24.7. The molecule has 0 bridgehead atoms. The van der Waals surface area contributed by atoms with Gasteiger partial charge in [-0.3, -0.25) is 9.59 Å². The van der Waals surface area contributed by atoms with Gasteiger partial charge in [0, 0.05) is 20.0 Å². The van der Waals surface area contributed by atoms with Crippen molar-refractivity contribution in [1.82, 2.24) is 4.90 Å². The van der Waals surface area contributed by atoms with E-state index in [0.29, 0.717) is 13.0 Å². The van der Waals surface area contributed by atoms with E-state index >= 15 is 0 Å². The minimum Gasteiger partial charge on any atom is -0.481 e. The molecule has 1 aromatic carbocycles. The van der Waals surface area contributed by atoms with Crippen molar-refractivity contribution in [2.24, 2.45) is 0 Å². The molecule has 1 amide bonds. The lowest BCUT2D eigenvalue weighted by atomic mass is 9.82. The van der Waals surface area contributed by atoms with Crippen molar-refractivity contribution >= 4 is 11.9 Å². The summed E-state index contributed by atoms with van der Waals surface area (Å²) in [5, 5.41) is 8.64. The van der Waals surface area contributed by atoms with Gasteiger partial charge in [-0.05, 0) is 36.8 Å². The molecule has 20 heavy (non-hydrogen) atoms. The Bertz CT molecular complexity index is 498. The van der Waals surface area contributed by atoms with E-state index in [1.165, 1.54) is 5.56 Å². The van der Waals surface area contributed by atoms with E-state index in [9.17, 15) is 9.59 Å². The number of amides is 1. The SMILES string of the molecule is CN(CCCC(=O)O)C(=O)C1CCCc2ccccc21. The number of benzene rings is 1. The van der Waals surface area contributed by atoms with Gasteiger partial charge in [0.1, 0.15) is 0 Å².